The van der Waals surface area contributed by atoms with Crippen LogP contribution in [0.5, 0.6) is 0 Å². The first kappa shape index (κ1) is 14.0. The first-order valence-corrected chi connectivity index (χ1v) is 8.91. The van der Waals surface area contributed by atoms with E-state index in [9.17, 15) is 8.42 Å². The number of sulfonamides is 1. The average molecular weight is 294 g/mol. The Hall–Kier alpha value is -0.910. The average Bonchev–Trinajstić information content (AvgIpc) is 3.29. The van der Waals surface area contributed by atoms with E-state index >= 15 is 0 Å². The number of aryl methyl sites for hydroxylation is 2. The molecule has 20 heavy (non-hydrogen) atoms. The van der Waals surface area contributed by atoms with Crippen LogP contribution in [0.1, 0.15) is 36.8 Å². The molecule has 1 saturated carbocycles. The molecule has 0 heterocycles. The van der Waals surface area contributed by atoms with E-state index in [1.54, 1.807) is 6.07 Å². The Bertz CT molecular complexity index is 594. The third kappa shape index (κ3) is 3.05. The smallest absolute Gasteiger partial charge is 0.240 e. The molecule has 1 unspecified atom stereocenters. The summed E-state index contributed by atoms with van der Waals surface area (Å²) in [6, 6.07) is 5.46. The molecule has 0 aliphatic heterocycles. The highest BCUT2D eigenvalue weighted by atomic mass is 32.2. The summed E-state index contributed by atoms with van der Waals surface area (Å²) in [6.07, 6.45) is 6.66. The molecule has 0 aromatic heterocycles. The van der Waals surface area contributed by atoms with Crippen LogP contribution in [0.3, 0.4) is 0 Å². The van der Waals surface area contributed by atoms with Gasteiger partial charge in [-0.3, -0.25) is 0 Å². The number of nitrogens with one attached hydrogen (secondary N) is 1. The number of benzene rings is 1. The maximum absolute atomic E-state index is 12.3. The number of hydrogen-bond donors (Lipinski definition) is 2. The van der Waals surface area contributed by atoms with Crippen LogP contribution in [0, 0.1) is 5.92 Å². The summed E-state index contributed by atoms with van der Waals surface area (Å²) >= 11 is 0. The summed E-state index contributed by atoms with van der Waals surface area (Å²) < 4.78 is 27.2. The van der Waals surface area contributed by atoms with Crippen molar-refractivity contribution in [2.24, 2.45) is 11.7 Å². The second-order valence-corrected chi connectivity index (χ2v) is 7.76. The molecule has 1 fully saturated rings. The van der Waals surface area contributed by atoms with Crippen LogP contribution >= 0.6 is 0 Å². The number of hydrogen-bond acceptors (Lipinski definition) is 3. The van der Waals surface area contributed by atoms with Gasteiger partial charge in [-0.1, -0.05) is 6.07 Å². The van der Waals surface area contributed by atoms with E-state index in [2.05, 4.69) is 4.72 Å². The summed E-state index contributed by atoms with van der Waals surface area (Å²) in [4.78, 5) is 0.376. The van der Waals surface area contributed by atoms with E-state index in [1.165, 1.54) is 17.5 Å². The first-order valence-electron chi connectivity index (χ1n) is 7.43. The van der Waals surface area contributed by atoms with Gasteiger partial charge in [-0.25, -0.2) is 13.1 Å². The predicted molar refractivity (Wildman–Crippen MR) is 79.0 cm³/mol. The van der Waals surface area contributed by atoms with E-state index in [0.29, 0.717) is 17.4 Å². The second-order valence-electron chi connectivity index (χ2n) is 5.99. The van der Waals surface area contributed by atoms with Gasteiger partial charge < -0.3 is 5.73 Å². The SMILES string of the molecule is NC(CNS(=O)(=O)c1ccc2c(c1)CCCC2)C1CC1. The van der Waals surface area contributed by atoms with E-state index in [0.717, 1.165) is 32.1 Å². The van der Waals surface area contributed by atoms with Gasteiger partial charge in [0.25, 0.3) is 0 Å². The maximum atomic E-state index is 12.3. The Morgan fingerprint density at radius 1 is 1.20 bits per heavy atom. The Morgan fingerprint density at radius 2 is 1.90 bits per heavy atom. The summed E-state index contributed by atoms with van der Waals surface area (Å²) in [5.74, 6) is 0.501. The van der Waals surface area contributed by atoms with Gasteiger partial charge in [0.05, 0.1) is 4.90 Å². The monoisotopic (exact) mass is 294 g/mol. The van der Waals surface area contributed by atoms with Crippen LogP contribution < -0.4 is 10.5 Å². The minimum absolute atomic E-state index is 0.0533. The fraction of sp³-hybridized carbons (Fsp3) is 0.600. The van der Waals surface area contributed by atoms with Crippen LogP contribution in [0.25, 0.3) is 0 Å². The van der Waals surface area contributed by atoms with Gasteiger partial charge in [0.2, 0.25) is 10.0 Å². The Labute approximate surface area is 120 Å². The highest BCUT2D eigenvalue weighted by molar-refractivity contribution is 7.89. The van der Waals surface area contributed by atoms with E-state index < -0.39 is 10.0 Å². The maximum Gasteiger partial charge on any atom is 0.240 e. The van der Waals surface area contributed by atoms with Crippen molar-refractivity contribution in [2.75, 3.05) is 6.54 Å². The summed E-state index contributed by atoms with van der Waals surface area (Å²) in [5.41, 5.74) is 8.43. The number of nitrogens with two attached hydrogens (primary N) is 1. The number of fused-ring (bicyclic) bond motifs is 1. The molecular weight excluding hydrogens is 272 g/mol. The zero-order chi connectivity index (χ0) is 14.2. The molecule has 0 bridgehead atoms. The summed E-state index contributed by atoms with van der Waals surface area (Å²) in [7, 11) is -3.42. The molecule has 2 aliphatic carbocycles. The minimum atomic E-state index is -3.42. The van der Waals surface area contributed by atoms with Crippen LogP contribution in [-0.2, 0) is 22.9 Å². The van der Waals surface area contributed by atoms with Gasteiger partial charge >= 0.3 is 0 Å². The molecular formula is C15H22N2O2S. The lowest BCUT2D eigenvalue weighted by atomic mass is 9.92. The molecule has 1 aromatic rings. The van der Waals surface area contributed by atoms with Crippen LogP contribution in [0.2, 0.25) is 0 Å². The third-order valence-electron chi connectivity index (χ3n) is 4.37. The lowest BCUT2D eigenvalue weighted by Gasteiger charge is -2.17. The van der Waals surface area contributed by atoms with Crippen molar-refractivity contribution in [2.45, 2.75) is 49.5 Å². The zero-order valence-corrected chi connectivity index (χ0v) is 12.5. The molecule has 3 rings (SSSR count). The van der Waals surface area contributed by atoms with E-state index in [4.69, 9.17) is 5.73 Å². The van der Waals surface area contributed by atoms with Crippen LogP contribution in [-0.4, -0.2) is 21.0 Å². The van der Waals surface area contributed by atoms with E-state index in [1.807, 2.05) is 12.1 Å². The molecule has 0 amide bonds. The van der Waals surface area contributed by atoms with Crippen molar-refractivity contribution in [3.8, 4) is 0 Å². The molecule has 3 N–H and O–H groups in total. The van der Waals surface area contributed by atoms with Crippen LogP contribution in [0.15, 0.2) is 23.1 Å². The van der Waals surface area contributed by atoms with Crippen LogP contribution in [0.4, 0.5) is 0 Å². The highest BCUT2D eigenvalue weighted by Gasteiger charge is 2.29. The quantitative estimate of drug-likeness (QED) is 0.866. The van der Waals surface area contributed by atoms with Gasteiger partial charge in [-0.15, -0.1) is 0 Å². The Morgan fingerprint density at radius 3 is 2.60 bits per heavy atom. The third-order valence-corrected chi connectivity index (χ3v) is 5.79. The summed E-state index contributed by atoms with van der Waals surface area (Å²) in [5, 5.41) is 0. The normalized spacial score (nSPS) is 20.4. The fourth-order valence-corrected chi connectivity index (χ4v) is 3.98. The van der Waals surface area contributed by atoms with Gasteiger partial charge in [-0.2, -0.15) is 0 Å². The van der Waals surface area contributed by atoms with E-state index in [-0.39, 0.29) is 6.04 Å². The molecule has 0 radical (unpaired) electrons. The van der Waals surface area contributed by atoms with Gasteiger partial charge in [0, 0.05) is 12.6 Å². The lowest BCUT2D eigenvalue weighted by Crippen LogP contribution is -2.38. The van der Waals surface area contributed by atoms with Crippen molar-refractivity contribution in [3.63, 3.8) is 0 Å². The van der Waals surface area contributed by atoms with Crippen molar-refractivity contribution in [1.29, 1.82) is 0 Å². The summed E-state index contributed by atoms with van der Waals surface area (Å²) in [6.45, 7) is 0.337. The van der Waals surface area contributed by atoms with Crippen molar-refractivity contribution in [3.05, 3.63) is 29.3 Å². The fourth-order valence-electron chi connectivity index (χ4n) is 2.86. The molecule has 2 aliphatic rings. The molecule has 0 spiro atoms. The predicted octanol–water partition coefficient (Wildman–Crippen LogP) is 1.58. The van der Waals surface area contributed by atoms with Crippen molar-refractivity contribution in [1.82, 2.24) is 4.72 Å². The van der Waals surface area contributed by atoms with Gasteiger partial charge in [0.1, 0.15) is 0 Å². The molecule has 1 aromatic carbocycles. The van der Waals surface area contributed by atoms with Crippen molar-refractivity contribution < 1.29 is 8.42 Å². The minimum Gasteiger partial charge on any atom is -0.326 e. The first-order chi connectivity index (χ1) is 9.56. The standard InChI is InChI=1S/C15H22N2O2S/c16-15(12-5-6-12)10-17-20(18,19)14-8-7-11-3-1-2-4-13(11)9-14/h7-9,12,15,17H,1-6,10,16H2. The Balaban J connectivity index is 1.73. The molecule has 110 valence electrons. The topological polar surface area (TPSA) is 72.2 Å². The van der Waals surface area contributed by atoms with Crippen molar-refractivity contribution >= 4 is 10.0 Å². The lowest BCUT2D eigenvalue weighted by molar-refractivity contribution is 0.547. The molecule has 5 heteroatoms. The largest absolute Gasteiger partial charge is 0.326 e. The van der Waals surface area contributed by atoms with Gasteiger partial charge in [-0.05, 0) is 67.7 Å². The molecule has 0 saturated heterocycles. The zero-order valence-electron chi connectivity index (χ0n) is 11.6. The van der Waals surface area contributed by atoms with Gasteiger partial charge in [0.15, 0.2) is 0 Å². The highest BCUT2D eigenvalue weighted by Crippen LogP contribution is 2.31. The molecule has 1 atom stereocenters. The Kier molecular flexibility index (Phi) is 3.84. The number of rotatable bonds is 5. The molecule has 4 nitrogen and oxygen atoms in total. The second kappa shape index (κ2) is 5.47.